The van der Waals surface area contributed by atoms with E-state index in [1.807, 2.05) is 0 Å². The van der Waals surface area contributed by atoms with Crippen LogP contribution in [0, 0.1) is 0 Å². The number of anilines is 1. The van der Waals surface area contributed by atoms with Crippen LogP contribution in [0.1, 0.15) is 0 Å². The number of nitrogen functional groups attached to an aromatic ring is 1. The molecule has 0 radical (unpaired) electrons. The van der Waals surface area contributed by atoms with E-state index in [-0.39, 0.29) is 0 Å². The van der Waals surface area contributed by atoms with Gasteiger partial charge in [-0.3, -0.25) is 0 Å². The quantitative estimate of drug-likeness (QED) is 0.223. The second-order valence-electron chi connectivity index (χ2n) is 10.3. The molecule has 0 heterocycles. The monoisotopic (exact) mass is 523 g/mol. The molecule has 41 heavy (non-hydrogen) atoms. The van der Waals surface area contributed by atoms with Crippen LogP contribution in [0.15, 0.2) is 164 Å². The van der Waals surface area contributed by atoms with Crippen molar-refractivity contribution in [3.05, 3.63) is 164 Å². The standard InChI is InChI=1S/C40H29N/c41-40-35-24-14-13-23-34(35)39(37(30-19-9-3-10-20-30)38(40)31-21-11-4-12-22-31)36-27-32(28-15-5-1-6-16-28)25-26-33(36)29-17-7-2-8-18-29/h1-27H,41H2. The molecule has 7 aromatic carbocycles. The maximum atomic E-state index is 7.11. The van der Waals surface area contributed by atoms with Gasteiger partial charge in [-0.2, -0.15) is 0 Å². The van der Waals surface area contributed by atoms with Gasteiger partial charge < -0.3 is 5.73 Å². The molecule has 0 bridgehead atoms. The molecule has 2 N–H and O–H groups in total. The summed E-state index contributed by atoms with van der Waals surface area (Å²) >= 11 is 0. The molecular weight excluding hydrogens is 494 g/mol. The van der Waals surface area contributed by atoms with Crippen molar-refractivity contribution in [3.8, 4) is 55.6 Å². The average Bonchev–Trinajstić information content (AvgIpc) is 3.06. The fraction of sp³-hybridized carbons (Fsp3) is 0. The van der Waals surface area contributed by atoms with E-state index in [9.17, 15) is 0 Å². The van der Waals surface area contributed by atoms with Gasteiger partial charge in [0.05, 0.1) is 0 Å². The third-order valence-electron chi connectivity index (χ3n) is 7.86. The van der Waals surface area contributed by atoms with Crippen LogP contribution in [0.2, 0.25) is 0 Å². The Balaban J connectivity index is 1.68. The van der Waals surface area contributed by atoms with Crippen LogP contribution in [-0.2, 0) is 0 Å². The fourth-order valence-corrected chi connectivity index (χ4v) is 5.97. The number of nitrogens with two attached hydrogens (primary N) is 1. The summed E-state index contributed by atoms with van der Waals surface area (Å²) in [6, 6.07) is 58.0. The van der Waals surface area contributed by atoms with Gasteiger partial charge in [-0.05, 0) is 56.0 Å². The highest BCUT2D eigenvalue weighted by Gasteiger charge is 2.23. The van der Waals surface area contributed by atoms with Crippen LogP contribution >= 0.6 is 0 Å². The van der Waals surface area contributed by atoms with Gasteiger partial charge in [-0.15, -0.1) is 0 Å². The lowest BCUT2D eigenvalue weighted by Crippen LogP contribution is -2.00. The summed E-state index contributed by atoms with van der Waals surface area (Å²) in [6.07, 6.45) is 0. The summed E-state index contributed by atoms with van der Waals surface area (Å²) in [5.41, 5.74) is 19.5. The predicted octanol–water partition coefficient (Wildman–Crippen LogP) is 10.8. The Morgan fingerprint density at radius 1 is 0.293 bits per heavy atom. The van der Waals surface area contributed by atoms with Gasteiger partial charge in [0, 0.05) is 22.2 Å². The van der Waals surface area contributed by atoms with E-state index in [0.717, 1.165) is 38.7 Å². The molecule has 0 saturated heterocycles. The van der Waals surface area contributed by atoms with Crippen LogP contribution in [0.5, 0.6) is 0 Å². The minimum atomic E-state index is 0.801. The molecule has 0 aliphatic carbocycles. The molecule has 0 spiro atoms. The van der Waals surface area contributed by atoms with Crippen LogP contribution in [0.25, 0.3) is 66.4 Å². The van der Waals surface area contributed by atoms with Gasteiger partial charge in [0.2, 0.25) is 0 Å². The van der Waals surface area contributed by atoms with E-state index in [1.165, 1.54) is 33.4 Å². The zero-order valence-electron chi connectivity index (χ0n) is 22.7. The molecule has 1 heteroatoms. The summed E-state index contributed by atoms with van der Waals surface area (Å²) in [5.74, 6) is 0. The number of hydrogen-bond acceptors (Lipinski definition) is 1. The van der Waals surface area contributed by atoms with Gasteiger partial charge in [-0.25, -0.2) is 0 Å². The van der Waals surface area contributed by atoms with Gasteiger partial charge in [0.15, 0.2) is 0 Å². The summed E-state index contributed by atoms with van der Waals surface area (Å²) in [7, 11) is 0. The average molecular weight is 524 g/mol. The highest BCUT2D eigenvalue weighted by molar-refractivity contribution is 6.18. The summed E-state index contributed by atoms with van der Waals surface area (Å²) < 4.78 is 0. The van der Waals surface area contributed by atoms with Crippen LogP contribution in [-0.4, -0.2) is 0 Å². The Labute approximate surface area is 241 Å². The molecule has 0 saturated carbocycles. The van der Waals surface area contributed by atoms with Crippen molar-refractivity contribution in [2.75, 3.05) is 5.73 Å². The fourth-order valence-electron chi connectivity index (χ4n) is 5.97. The minimum Gasteiger partial charge on any atom is -0.398 e. The SMILES string of the molecule is Nc1c(-c2ccccc2)c(-c2ccccc2)c(-c2cc(-c3ccccc3)ccc2-c2ccccc2)c2ccccc12. The first-order valence-electron chi connectivity index (χ1n) is 14.0. The number of benzene rings is 7. The van der Waals surface area contributed by atoms with Crippen molar-refractivity contribution < 1.29 is 0 Å². The van der Waals surface area contributed by atoms with E-state index >= 15 is 0 Å². The lowest BCUT2D eigenvalue weighted by Gasteiger charge is -2.24. The molecule has 0 atom stereocenters. The second-order valence-corrected chi connectivity index (χ2v) is 10.3. The molecule has 1 nitrogen and oxygen atoms in total. The zero-order chi connectivity index (χ0) is 27.6. The van der Waals surface area contributed by atoms with Crippen molar-refractivity contribution in [1.29, 1.82) is 0 Å². The first kappa shape index (κ1) is 24.6. The highest BCUT2D eigenvalue weighted by Crippen LogP contribution is 2.51. The normalized spacial score (nSPS) is 11.0. The number of hydrogen-bond donors (Lipinski definition) is 1. The number of fused-ring (bicyclic) bond motifs is 1. The molecule has 0 unspecified atom stereocenters. The zero-order valence-corrected chi connectivity index (χ0v) is 22.7. The third kappa shape index (κ3) is 4.48. The molecular formula is C40H29N. The van der Waals surface area contributed by atoms with Crippen molar-refractivity contribution in [3.63, 3.8) is 0 Å². The first-order chi connectivity index (χ1) is 20.3. The van der Waals surface area contributed by atoms with Crippen molar-refractivity contribution >= 4 is 16.5 Å². The largest absolute Gasteiger partial charge is 0.398 e. The second kappa shape index (κ2) is 10.6. The Morgan fingerprint density at radius 2 is 0.756 bits per heavy atom. The van der Waals surface area contributed by atoms with Gasteiger partial charge in [0.25, 0.3) is 0 Å². The van der Waals surface area contributed by atoms with Gasteiger partial charge in [0.1, 0.15) is 0 Å². The molecule has 0 amide bonds. The topological polar surface area (TPSA) is 26.0 Å². The van der Waals surface area contributed by atoms with Crippen LogP contribution in [0.4, 0.5) is 5.69 Å². The van der Waals surface area contributed by atoms with E-state index in [0.29, 0.717) is 0 Å². The van der Waals surface area contributed by atoms with Gasteiger partial charge >= 0.3 is 0 Å². The smallest absolute Gasteiger partial charge is 0.0480 e. The minimum absolute atomic E-state index is 0.801. The van der Waals surface area contributed by atoms with E-state index in [2.05, 4.69) is 164 Å². The summed E-state index contributed by atoms with van der Waals surface area (Å²) in [5, 5.41) is 2.20. The lowest BCUT2D eigenvalue weighted by molar-refractivity contribution is 1.55. The molecule has 0 aliphatic heterocycles. The van der Waals surface area contributed by atoms with Crippen LogP contribution < -0.4 is 5.73 Å². The molecule has 0 aliphatic rings. The molecule has 0 fully saturated rings. The van der Waals surface area contributed by atoms with E-state index < -0.39 is 0 Å². The third-order valence-corrected chi connectivity index (χ3v) is 7.86. The summed E-state index contributed by atoms with van der Waals surface area (Å²) in [4.78, 5) is 0. The van der Waals surface area contributed by atoms with Crippen molar-refractivity contribution in [1.82, 2.24) is 0 Å². The lowest BCUT2D eigenvalue weighted by atomic mass is 9.80. The number of rotatable bonds is 5. The Bertz CT molecular complexity index is 1960. The molecule has 194 valence electrons. The Kier molecular flexibility index (Phi) is 6.39. The Hall–Kier alpha value is -5.40. The van der Waals surface area contributed by atoms with E-state index in [4.69, 9.17) is 5.73 Å². The first-order valence-corrected chi connectivity index (χ1v) is 14.0. The van der Waals surface area contributed by atoms with E-state index in [1.54, 1.807) is 0 Å². The predicted molar refractivity (Wildman–Crippen MR) is 176 cm³/mol. The van der Waals surface area contributed by atoms with Crippen molar-refractivity contribution in [2.24, 2.45) is 0 Å². The van der Waals surface area contributed by atoms with Crippen LogP contribution in [0.3, 0.4) is 0 Å². The maximum Gasteiger partial charge on any atom is 0.0480 e. The Morgan fingerprint density at radius 3 is 1.34 bits per heavy atom. The van der Waals surface area contributed by atoms with Crippen molar-refractivity contribution in [2.45, 2.75) is 0 Å². The summed E-state index contributed by atoms with van der Waals surface area (Å²) in [6.45, 7) is 0. The molecule has 7 rings (SSSR count). The maximum absolute atomic E-state index is 7.11. The van der Waals surface area contributed by atoms with Gasteiger partial charge in [-0.1, -0.05) is 158 Å². The molecule has 0 aromatic heterocycles. The molecule has 7 aromatic rings. The highest BCUT2D eigenvalue weighted by atomic mass is 14.6.